The predicted octanol–water partition coefficient (Wildman–Crippen LogP) is 5.59. The molecule has 3 aliphatic rings. The van der Waals surface area contributed by atoms with Crippen LogP contribution in [0.5, 0.6) is 0 Å². The SMILES string of the molecule is CC.CC(=O)Nc1ccn(C(=O)N2CCC3(CCCN3Cc3cc(N4CCCC4)cc(C(F)(F)F)c3)CC2)n1. The van der Waals surface area contributed by atoms with Crippen molar-refractivity contribution in [3.63, 3.8) is 0 Å². The summed E-state index contributed by atoms with van der Waals surface area (Å²) in [5.41, 5.74) is 0.649. The van der Waals surface area contributed by atoms with E-state index in [9.17, 15) is 22.8 Å². The first-order valence-corrected chi connectivity index (χ1v) is 14.0. The van der Waals surface area contributed by atoms with Crippen LogP contribution in [0.3, 0.4) is 0 Å². The van der Waals surface area contributed by atoms with Crippen LogP contribution in [-0.4, -0.2) is 69.8 Å². The second-order valence-electron chi connectivity index (χ2n) is 10.4. The number of piperidine rings is 1. The summed E-state index contributed by atoms with van der Waals surface area (Å²) < 4.78 is 42.4. The van der Waals surface area contributed by atoms with Crippen LogP contribution < -0.4 is 10.2 Å². The van der Waals surface area contributed by atoms with E-state index in [4.69, 9.17) is 0 Å². The third kappa shape index (κ3) is 6.57. The highest BCUT2D eigenvalue weighted by atomic mass is 19.4. The molecular formula is C28H39F3N6O2. The Hall–Kier alpha value is -3.08. The molecule has 3 fully saturated rings. The van der Waals surface area contributed by atoms with Crippen LogP contribution in [-0.2, 0) is 17.5 Å². The molecule has 0 atom stereocenters. The number of aromatic nitrogens is 2. The van der Waals surface area contributed by atoms with Gasteiger partial charge in [0.25, 0.3) is 0 Å². The minimum atomic E-state index is -4.38. The third-order valence-corrected chi connectivity index (χ3v) is 7.94. The van der Waals surface area contributed by atoms with Crippen LogP contribution in [0.2, 0.25) is 0 Å². The summed E-state index contributed by atoms with van der Waals surface area (Å²) in [6.45, 7) is 9.37. The molecule has 1 N–H and O–H groups in total. The normalized spacial score (nSPS) is 19.2. The number of halogens is 3. The van der Waals surface area contributed by atoms with E-state index >= 15 is 0 Å². The van der Waals surface area contributed by atoms with Crippen molar-refractivity contribution in [2.24, 2.45) is 0 Å². The monoisotopic (exact) mass is 548 g/mol. The Balaban J connectivity index is 0.00000172. The summed E-state index contributed by atoms with van der Waals surface area (Å²) >= 11 is 0. The zero-order chi connectivity index (χ0) is 28.2. The number of hydrogen-bond acceptors (Lipinski definition) is 5. The van der Waals surface area contributed by atoms with Crippen LogP contribution in [0.25, 0.3) is 0 Å². The standard InChI is InChI=1S/C26H33F3N6O2.C2H6/c1-19(36)30-23-5-12-35(31-23)24(37)33-13-7-25(8-14-33)6-4-11-34(25)18-20-15-21(26(27,28)29)17-22(16-20)32-9-2-3-10-32;1-2/h5,12,15-17H,2-4,6-11,13-14,18H2,1H3,(H,30,31,36);1-2H3. The quantitative estimate of drug-likeness (QED) is 0.540. The van der Waals surface area contributed by atoms with E-state index < -0.39 is 11.7 Å². The molecule has 0 aliphatic carbocycles. The van der Waals surface area contributed by atoms with Crippen LogP contribution in [0.1, 0.15) is 70.4 Å². The van der Waals surface area contributed by atoms with Crippen molar-refractivity contribution in [3.8, 4) is 0 Å². The topological polar surface area (TPSA) is 73.7 Å². The molecule has 3 aliphatic heterocycles. The number of hydrogen-bond donors (Lipinski definition) is 1. The molecule has 0 radical (unpaired) electrons. The highest BCUT2D eigenvalue weighted by molar-refractivity contribution is 5.88. The number of nitrogens with zero attached hydrogens (tertiary/aromatic N) is 5. The fourth-order valence-corrected chi connectivity index (χ4v) is 6.05. The van der Waals surface area contributed by atoms with Gasteiger partial charge in [-0.25, -0.2) is 4.79 Å². The summed E-state index contributed by atoms with van der Waals surface area (Å²) in [5.74, 6) is 0.0675. The van der Waals surface area contributed by atoms with E-state index in [0.717, 1.165) is 58.2 Å². The fourth-order valence-electron chi connectivity index (χ4n) is 6.05. The number of likely N-dealkylation sites (tertiary alicyclic amines) is 2. The van der Waals surface area contributed by atoms with Gasteiger partial charge in [0.2, 0.25) is 5.91 Å². The second-order valence-corrected chi connectivity index (χ2v) is 10.4. The molecule has 0 saturated carbocycles. The molecule has 39 heavy (non-hydrogen) atoms. The summed E-state index contributed by atoms with van der Waals surface area (Å²) in [7, 11) is 0. The average Bonchev–Trinajstić information content (AvgIpc) is 3.67. The number of nitrogens with one attached hydrogen (secondary N) is 1. The van der Waals surface area contributed by atoms with Gasteiger partial charge in [0.1, 0.15) is 0 Å². The molecule has 1 aromatic carbocycles. The van der Waals surface area contributed by atoms with Crippen LogP contribution in [0.4, 0.5) is 29.5 Å². The maximum atomic E-state index is 13.7. The van der Waals surface area contributed by atoms with Crippen LogP contribution >= 0.6 is 0 Å². The Bertz CT molecular complexity index is 1150. The second kappa shape index (κ2) is 12.0. The molecular weight excluding hydrogens is 509 g/mol. The molecule has 5 rings (SSSR count). The first-order chi connectivity index (χ1) is 18.6. The number of carbonyl (C=O) groups is 2. The van der Waals surface area contributed by atoms with Crippen molar-refractivity contribution in [1.82, 2.24) is 19.6 Å². The van der Waals surface area contributed by atoms with Crippen molar-refractivity contribution in [1.29, 1.82) is 0 Å². The Morgan fingerprint density at radius 1 is 0.974 bits per heavy atom. The van der Waals surface area contributed by atoms with Gasteiger partial charge in [-0.05, 0) is 68.8 Å². The Morgan fingerprint density at radius 3 is 2.31 bits per heavy atom. The number of amides is 2. The first-order valence-electron chi connectivity index (χ1n) is 14.0. The lowest BCUT2D eigenvalue weighted by molar-refractivity contribution is -0.137. The maximum absolute atomic E-state index is 13.7. The summed E-state index contributed by atoms with van der Waals surface area (Å²) in [6.07, 6.45) is 2.64. The van der Waals surface area contributed by atoms with Crippen molar-refractivity contribution in [2.45, 2.75) is 77.6 Å². The van der Waals surface area contributed by atoms with Gasteiger partial charge in [-0.2, -0.15) is 17.9 Å². The van der Waals surface area contributed by atoms with Gasteiger partial charge in [0.05, 0.1) is 5.56 Å². The number of rotatable bonds is 4. The molecule has 3 saturated heterocycles. The maximum Gasteiger partial charge on any atom is 0.416 e. The van der Waals surface area contributed by atoms with E-state index in [0.29, 0.717) is 36.7 Å². The van der Waals surface area contributed by atoms with Crippen molar-refractivity contribution < 1.29 is 22.8 Å². The molecule has 8 nitrogen and oxygen atoms in total. The lowest BCUT2D eigenvalue weighted by Gasteiger charge is -2.45. The number of alkyl halides is 3. The van der Waals surface area contributed by atoms with E-state index in [1.165, 1.54) is 29.9 Å². The lowest BCUT2D eigenvalue weighted by atomic mass is 9.84. The molecule has 214 valence electrons. The molecule has 1 aromatic heterocycles. The van der Waals surface area contributed by atoms with Crippen molar-refractivity contribution in [3.05, 3.63) is 41.6 Å². The smallest absolute Gasteiger partial charge is 0.372 e. The average molecular weight is 549 g/mol. The number of anilines is 2. The summed E-state index contributed by atoms with van der Waals surface area (Å²) in [4.78, 5) is 30.3. The van der Waals surface area contributed by atoms with E-state index in [-0.39, 0.29) is 17.5 Å². The van der Waals surface area contributed by atoms with Crippen molar-refractivity contribution >= 4 is 23.4 Å². The van der Waals surface area contributed by atoms with Gasteiger partial charge >= 0.3 is 12.2 Å². The largest absolute Gasteiger partial charge is 0.416 e. The Morgan fingerprint density at radius 2 is 1.67 bits per heavy atom. The first kappa shape index (κ1) is 28.9. The number of carbonyl (C=O) groups excluding carboxylic acids is 2. The Labute approximate surface area is 228 Å². The molecule has 2 aromatic rings. The zero-order valence-electron chi connectivity index (χ0n) is 23.1. The fraction of sp³-hybridized carbons (Fsp3) is 0.607. The van der Waals surface area contributed by atoms with Crippen LogP contribution in [0.15, 0.2) is 30.5 Å². The van der Waals surface area contributed by atoms with Crippen molar-refractivity contribution in [2.75, 3.05) is 42.9 Å². The van der Waals surface area contributed by atoms with Gasteiger partial charge in [0.15, 0.2) is 5.82 Å². The lowest BCUT2D eigenvalue weighted by Crippen LogP contribution is -2.53. The third-order valence-electron chi connectivity index (χ3n) is 7.94. The van der Waals surface area contributed by atoms with Crippen LogP contribution in [0, 0.1) is 0 Å². The minimum absolute atomic E-state index is 0.121. The summed E-state index contributed by atoms with van der Waals surface area (Å²) in [5, 5.41) is 6.71. The molecule has 11 heteroatoms. The summed E-state index contributed by atoms with van der Waals surface area (Å²) in [6, 6.07) is 5.84. The Kier molecular flexibility index (Phi) is 8.88. The van der Waals surface area contributed by atoms with E-state index in [1.54, 1.807) is 11.0 Å². The molecule has 4 heterocycles. The zero-order valence-corrected chi connectivity index (χ0v) is 23.1. The van der Waals surface area contributed by atoms with Gasteiger partial charge in [0, 0.05) is 63.1 Å². The molecule has 2 amide bonds. The molecule has 1 spiro atoms. The van der Waals surface area contributed by atoms with Gasteiger partial charge < -0.3 is 15.1 Å². The predicted molar refractivity (Wildman–Crippen MR) is 145 cm³/mol. The highest BCUT2D eigenvalue weighted by Crippen LogP contribution is 2.41. The minimum Gasteiger partial charge on any atom is -0.372 e. The van der Waals surface area contributed by atoms with E-state index in [1.807, 2.05) is 19.9 Å². The molecule has 0 bridgehead atoms. The highest BCUT2D eigenvalue weighted by Gasteiger charge is 2.44. The molecule has 0 unspecified atom stereocenters. The van der Waals surface area contributed by atoms with Gasteiger partial charge in [-0.15, -0.1) is 5.10 Å². The van der Waals surface area contributed by atoms with Gasteiger partial charge in [-0.1, -0.05) is 13.8 Å². The van der Waals surface area contributed by atoms with Gasteiger partial charge in [-0.3, -0.25) is 9.69 Å². The van der Waals surface area contributed by atoms with E-state index in [2.05, 4.69) is 20.2 Å². The number of benzene rings is 1.